The molecule has 0 radical (unpaired) electrons. The second kappa shape index (κ2) is 9.00. The minimum Gasteiger partial charge on any atom is -0.339 e. The number of sulfone groups is 1. The van der Waals surface area contributed by atoms with Gasteiger partial charge in [0.1, 0.15) is 5.75 Å². The molecule has 0 aliphatic heterocycles. The third kappa shape index (κ3) is 4.93. The number of rotatable bonds is 10. The van der Waals surface area contributed by atoms with Gasteiger partial charge in [0.2, 0.25) is 15.7 Å². The van der Waals surface area contributed by atoms with E-state index < -0.39 is 27.2 Å². The van der Waals surface area contributed by atoms with E-state index in [4.69, 9.17) is 0 Å². The lowest BCUT2D eigenvalue weighted by atomic mass is 10.2. The van der Waals surface area contributed by atoms with Gasteiger partial charge in [-0.1, -0.05) is 27.2 Å². The number of nitrogens with one attached hydrogen (secondary N) is 1. The molecule has 0 aliphatic rings. The molecule has 1 aromatic heterocycles. The largest absolute Gasteiger partial charge is 0.344 e. The number of amides is 1. The maximum absolute atomic E-state index is 12.6. The molecule has 0 aliphatic carbocycles. The van der Waals surface area contributed by atoms with Crippen LogP contribution in [0.25, 0.3) is 0 Å². The number of hydrogen-bond acceptors (Lipinski definition) is 5. The molecule has 8 nitrogen and oxygen atoms in total. The van der Waals surface area contributed by atoms with E-state index in [1.165, 1.54) is 0 Å². The Morgan fingerprint density at radius 2 is 1.96 bits per heavy atom. The van der Waals surface area contributed by atoms with E-state index in [0.717, 1.165) is 23.8 Å². The van der Waals surface area contributed by atoms with Crippen LogP contribution in [0.1, 0.15) is 53.4 Å². The number of carbonyl (C=O) groups is 1. The van der Waals surface area contributed by atoms with Gasteiger partial charge in [-0.2, -0.15) is 0 Å². The van der Waals surface area contributed by atoms with Crippen molar-refractivity contribution in [3.63, 3.8) is 0 Å². The Balaban J connectivity index is 3.03. The van der Waals surface area contributed by atoms with Crippen LogP contribution in [0.3, 0.4) is 0 Å². The lowest BCUT2D eigenvalue weighted by Gasteiger charge is -2.28. The van der Waals surface area contributed by atoms with Crippen LogP contribution in [0.15, 0.2) is 9.95 Å². The number of aromatic amines is 1. The average Bonchev–Trinajstić information content (AvgIpc) is 2.89. The first-order chi connectivity index (χ1) is 11.3. The molecule has 0 spiro atoms. The van der Waals surface area contributed by atoms with E-state index >= 15 is 0 Å². The molecule has 0 aromatic carbocycles. The van der Waals surface area contributed by atoms with Crippen molar-refractivity contribution in [3.8, 4) is 0 Å². The van der Waals surface area contributed by atoms with Gasteiger partial charge in [0.05, 0.1) is 0 Å². The second-order valence-corrected chi connectivity index (χ2v) is 7.80. The Hall–Kier alpha value is -1.64. The second-order valence-electron chi connectivity index (χ2n) is 5.92. The topological polar surface area (TPSA) is 105 Å². The molecular weight excluding hydrogens is 332 g/mol. The highest BCUT2D eigenvalue weighted by molar-refractivity contribution is 7.91. The van der Waals surface area contributed by atoms with Gasteiger partial charge in [-0.05, 0) is 26.2 Å². The molecule has 0 saturated heterocycles. The molecule has 1 N–H and O–H groups in total. The molecule has 0 bridgehead atoms. The molecule has 1 heterocycles. The van der Waals surface area contributed by atoms with E-state index in [-0.39, 0.29) is 17.7 Å². The van der Waals surface area contributed by atoms with E-state index in [1.807, 2.05) is 27.7 Å². The fourth-order valence-corrected chi connectivity index (χ4v) is 3.73. The molecular formula is C15H28N4O4S. The van der Waals surface area contributed by atoms with Gasteiger partial charge in [-0.3, -0.25) is 9.36 Å². The minimum absolute atomic E-state index is 0.0312. The fourth-order valence-electron chi connectivity index (χ4n) is 2.41. The number of H-pyrrole nitrogens is 1. The Kier molecular flexibility index (Phi) is 7.65. The predicted molar refractivity (Wildman–Crippen MR) is 91.6 cm³/mol. The summed E-state index contributed by atoms with van der Waals surface area (Å²) in [5.41, 5.74) is -0.576. The maximum Gasteiger partial charge on any atom is 0.344 e. The summed E-state index contributed by atoms with van der Waals surface area (Å²) in [7, 11) is -3.97. The molecule has 0 saturated carbocycles. The van der Waals surface area contributed by atoms with Crippen molar-refractivity contribution in [1.82, 2.24) is 19.7 Å². The zero-order chi connectivity index (χ0) is 18.3. The van der Waals surface area contributed by atoms with Crippen molar-refractivity contribution in [2.45, 2.75) is 71.1 Å². The molecule has 1 rings (SSSR count). The summed E-state index contributed by atoms with van der Waals surface area (Å²) in [4.78, 5) is 25.8. The standard InChI is InChI=1S/C15H28N4O4S/c1-5-8-10-18(12(4)7-3)13(20)11-24(22,23)15-17-16-14(21)19(15)9-6-2/h12H,5-11H2,1-4H3,(H,16,21). The molecule has 1 amide bonds. The van der Waals surface area contributed by atoms with E-state index in [9.17, 15) is 18.0 Å². The number of carbonyl (C=O) groups excluding carboxylic acids is 1. The highest BCUT2D eigenvalue weighted by Crippen LogP contribution is 2.11. The molecule has 1 aromatic rings. The zero-order valence-electron chi connectivity index (χ0n) is 14.9. The fraction of sp³-hybridized carbons (Fsp3) is 0.800. The molecule has 0 fully saturated rings. The van der Waals surface area contributed by atoms with Crippen LogP contribution in [0.2, 0.25) is 0 Å². The summed E-state index contributed by atoms with van der Waals surface area (Å²) < 4.78 is 26.2. The summed E-state index contributed by atoms with van der Waals surface area (Å²) in [6, 6.07) is -0.0312. The number of nitrogens with zero attached hydrogens (tertiary/aromatic N) is 3. The first-order valence-electron chi connectivity index (χ1n) is 8.45. The van der Waals surface area contributed by atoms with Gasteiger partial charge < -0.3 is 4.90 Å². The van der Waals surface area contributed by atoms with Crippen molar-refractivity contribution in [1.29, 1.82) is 0 Å². The Morgan fingerprint density at radius 3 is 2.50 bits per heavy atom. The highest BCUT2D eigenvalue weighted by Gasteiger charge is 2.29. The first-order valence-corrected chi connectivity index (χ1v) is 10.1. The molecule has 9 heteroatoms. The van der Waals surface area contributed by atoms with Crippen molar-refractivity contribution in [2.24, 2.45) is 0 Å². The van der Waals surface area contributed by atoms with E-state index in [1.54, 1.807) is 4.90 Å². The van der Waals surface area contributed by atoms with E-state index in [2.05, 4.69) is 10.2 Å². The van der Waals surface area contributed by atoms with Crippen molar-refractivity contribution < 1.29 is 13.2 Å². The Morgan fingerprint density at radius 1 is 1.29 bits per heavy atom. The van der Waals surface area contributed by atoms with Gasteiger partial charge in [0, 0.05) is 19.1 Å². The zero-order valence-corrected chi connectivity index (χ0v) is 15.7. The van der Waals surface area contributed by atoms with Crippen molar-refractivity contribution >= 4 is 15.7 Å². The number of aromatic nitrogens is 3. The van der Waals surface area contributed by atoms with Crippen LogP contribution in [0, 0.1) is 0 Å². The maximum atomic E-state index is 12.6. The average molecular weight is 360 g/mol. The Bertz CT molecular complexity index is 693. The lowest BCUT2D eigenvalue weighted by Crippen LogP contribution is -2.42. The van der Waals surface area contributed by atoms with Gasteiger partial charge in [0.25, 0.3) is 5.16 Å². The van der Waals surface area contributed by atoms with Crippen molar-refractivity contribution in [3.05, 3.63) is 10.5 Å². The third-order valence-electron chi connectivity index (χ3n) is 3.96. The normalized spacial score (nSPS) is 13.0. The van der Waals surface area contributed by atoms with Gasteiger partial charge in [-0.15, -0.1) is 5.10 Å². The summed E-state index contributed by atoms with van der Waals surface area (Å²) in [6.45, 7) is 8.48. The SMILES string of the molecule is CCCCN(C(=O)CS(=O)(=O)c1n[nH]c(=O)n1CCC)C(C)CC. The smallest absolute Gasteiger partial charge is 0.339 e. The third-order valence-corrected chi connectivity index (χ3v) is 5.45. The lowest BCUT2D eigenvalue weighted by molar-refractivity contribution is -0.130. The van der Waals surface area contributed by atoms with Crippen LogP contribution >= 0.6 is 0 Å². The van der Waals surface area contributed by atoms with Gasteiger partial charge in [0.15, 0.2) is 0 Å². The molecule has 24 heavy (non-hydrogen) atoms. The predicted octanol–water partition coefficient (Wildman–Crippen LogP) is 1.18. The van der Waals surface area contributed by atoms with Gasteiger partial charge >= 0.3 is 5.69 Å². The summed E-state index contributed by atoms with van der Waals surface area (Å²) >= 11 is 0. The number of unbranched alkanes of at least 4 members (excludes halogenated alkanes) is 1. The Labute approximate surface area is 143 Å². The first kappa shape index (κ1) is 20.4. The highest BCUT2D eigenvalue weighted by atomic mass is 32.2. The van der Waals surface area contributed by atoms with Crippen LogP contribution in [0.4, 0.5) is 0 Å². The molecule has 1 unspecified atom stereocenters. The van der Waals surface area contributed by atoms with E-state index in [0.29, 0.717) is 13.0 Å². The van der Waals surface area contributed by atoms with Crippen LogP contribution < -0.4 is 5.69 Å². The summed E-state index contributed by atoms with van der Waals surface area (Å²) in [6.07, 6.45) is 3.07. The molecule has 138 valence electrons. The number of hydrogen-bond donors (Lipinski definition) is 1. The summed E-state index contributed by atoms with van der Waals surface area (Å²) in [5.74, 6) is -1.12. The van der Waals surface area contributed by atoms with Crippen LogP contribution in [0.5, 0.6) is 0 Å². The summed E-state index contributed by atoms with van der Waals surface area (Å²) in [5, 5.41) is 5.41. The van der Waals surface area contributed by atoms with Crippen molar-refractivity contribution in [2.75, 3.05) is 12.3 Å². The van der Waals surface area contributed by atoms with Gasteiger partial charge in [-0.25, -0.2) is 18.3 Å². The van der Waals surface area contributed by atoms with Crippen LogP contribution in [-0.4, -0.2) is 52.3 Å². The molecule has 1 atom stereocenters. The minimum atomic E-state index is -3.97. The quantitative estimate of drug-likeness (QED) is 0.674. The van der Waals surface area contributed by atoms with Crippen LogP contribution in [-0.2, 0) is 21.2 Å². The monoisotopic (exact) mass is 360 g/mol.